The van der Waals surface area contributed by atoms with Gasteiger partial charge in [0, 0.05) is 22.0 Å². The number of halogens is 2. The van der Waals surface area contributed by atoms with Crippen LogP contribution in [0.15, 0.2) is 48.5 Å². The smallest absolute Gasteiger partial charge is 0.129 e. The Morgan fingerprint density at radius 2 is 1.79 bits per heavy atom. The van der Waals surface area contributed by atoms with E-state index in [1.54, 1.807) is 12.1 Å². The molecule has 0 saturated heterocycles. The van der Waals surface area contributed by atoms with Crippen molar-refractivity contribution in [3.8, 4) is 0 Å². The van der Waals surface area contributed by atoms with Crippen LogP contribution >= 0.6 is 11.6 Å². The molecule has 0 amide bonds. The average Bonchev–Trinajstić information content (AvgIpc) is 3.20. The summed E-state index contributed by atoms with van der Waals surface area (Å²) in [6, 6.07) is 14.5. The average molecular weight is 276 g/mol. The molecule has 3 heteroatoms. The number of hydrogen-bond acceptors (Lipinski definition) is 1. The first-order chi connectivity index (χ1) is 9.13. The molecule has 1 aliphatic rings. The number of hydrogen-bond donors (Lipinski definition) is 1. The zero-order chi connectivity index (χ0) is 13.5. The zero-order valence-corrected chi connectivity index (χ0v) is 11.2. The molecule has 0 spiro atoms. The monoisotopic (exact) mass is 275 g/mol. The third kappa shape index (κ3) is 2.15. The van der Waals surface area contributed by atoms with E-state index < -0.39 is 0 Å². The van der Waals surface area contributed by atoms with Crippen molar-refractivity contribution in [1.82, 2.24) is 0 Å². The van der Waals surface area contributed by atoms with Gasteiger partial charge in [-0.05, 0) is 30.5 Å². The van der Waals surface area contributed by atoms with E-state index >= 15 is 0 Å². The molecule has 2 N–H and O–H groups in total. The van der Waals surface area contributed by atoms with Gasteiger partial charge >= 0.3 is 0 Å². The summed E-state index contributed by atoms with van der Waals surface area (Å²) in [6.45, 7) is 0. The quantitative estimate of drug-likeness (QED) is 0.892. The van der Waals surface area contributed by atoms with Gasteiger partial charge in [0.25, 0.3) is 0 Å². The number of rotatable bonds is 3. The van der Waals surface area contributed by atoms with Crippen LogP contribution in [0.5, 0.6) is 0 Å². The maximum absolute atomic E-state index is 14.0. The standard InChI is InChI=1S/C16H15ClFN/c17-12-6-7-13(14(18)10-12)15(19)16(8-9-16)11-4-2-1-3-5-11/h1-7,10,15H,8-9,19H2. The van der Waals surface area contributed by atoms with Gasteiger partial charge in [-0.15, -0.1) is 0 Å². The fraction of sp³-hybridized carbons (Fsp3) is 0.250. The van der Waals surface area contributed by atoms with E-state index in [1.165, 1.54) is 11.6 Å². The van der Waals surface area contributed by atoms with E-state index in [9.17, 15) is 4.39 Å². The van der Waals surface area contributed by atoms with Crippen LogP contribution in [0.4, 0.5) is 4.39 Å². The molecule has 0 aliphatic heterocycles. The topological polar surface area (TPSA) is 26.0 Å². The first-order valence-corrected chi connectivity index (χ1v) is 6.77. The Hall–Kier alpha value is -1.38. The van der Waals surface area contributed by atoms with Gasteiger partial charge in [0.2, 0.25) is 0 Å². The molecule has 2 aromatic carbocycles. The summed E-state index contributed by atoms with van der Waals surface area (Å²) in [5.41, 5.74) is 7.96. The molecule has 19 heavy (non-hydrogen) atoms. The molecule has 0 radical (unpaired) electrons. The molecule has 0 heterocycles. The molecule has 3 rings (SSSR count). The third-order valence-electron chi connectivity index (χ3n) is 4.03. The van der Waals surface area contributed by atoms with Gasteiger partial charge in [0.1, 0.15) is 5.82 Å². The highest BCUT2D eigenvalue weighted by atomic mass is 35.5. The van der Waals surface area contributed by atoms with Crippen molar-refractivity contribution in [3.63, 3.8) is 0 Å². The summed E-state index contributed by atoms with van der Waals surface area (Å²) in [4.78, 5) is 0. The largest absolute Gasteiger partial charge is 0.323 e. The Morgan fingerprint density at radius 3 is 2.37 bits per heavy atom. The molecule has 2 aromatic rings. The fourth-order valence-electron chi connectivity index (χ4n) is 2.74. The van der Waals surface area contributed by atoms with E-state index in [0.29, 0.717) is 10.6 Å². The minimum absolute atomic E-state index is 0.115. The Bertz CT molecular complexity index is 593. The van der Waals surface area contributed by atoms with Crippen LogP contribution in [-0.4, -0.2) is 0 Å². The van der Waals surface area contributed by atoms with Crippen molar-refractivity contribution in [2.75, 3.05) is 0 Å². The Balaban J connectivity index is 1.98. The van der Waals surface area contributed by atoms with Crippen molar-refractivity contribution in [2.24, 2.45) is 5.73 Å². The lowest BCUT2D eigenvalue weighted by molar-refractivity contribution is 0.504. The third-order valence-corrected chi connectivity index (χ3v) is 4.27. The molecule has 1 unspecified atom stereocenters. The minimum Gasteiger partial charge on any atom is -0.323 e. The van der Waals surface area contributed by atoms with Gasteiger partial charge in [0.15, 0.2) is 0 Å². The summed E-state index contributed by atoms with van der Waals surface area (Å²) in [5.74, 6) is -0.317. The Kier molecular flexibility index (Phi) is 3.08. The first kappa shape index (κ1) is 12.6. The highest BCUT2D eigenvalue weighted by Gasteiger charge is 2.50. The molecular weight excluding hydrogens is 261 g/mol. The van der Waals surface area contributed by atoms with Gasteiger partial charge < -0.3 is 5.73 Å². The van der Waals surface area contributed by atoms with Crippen LogP contribution in [0, 0.1) is 5.82 Å². The maximum atomic E-state index is 14.0. The van der Waals surface area contributed by atoms with Gasteiger partial charge in [-0.2, -0.15) is 0 Å². The lowest BCUT2D eigenvalue weighted by Gasteiger charge is -2.24. The Morgan fingerprint density at radius 1 is 1.11 bits per heavy atom. The summed E-state index contributed by atoms with van der Waals surface area (Å²) >= 11 is 5.79. The second kappa shape index (κ2) is 4.62. The molecule has 1 saturated carbocycles. The predicted molar refractivity (Wildman–Crippen MR) is 75.7 cm³/mol. The van der Waals surface area contributed by atoms with Crippen LogP contribution in [-0.2, 0) is 5.41 Å². The van der Waals surface area contributed by atoms with Gasteiger partial charge in [0.05, 0.1) is 0 Å². The second-order valence-electron chi connectivity index (χ2n) is 5.17. The molecule has 0 aromatic heterocycles. The van der Waals surface area contributed by atoms with Crippen molar-refractivity contribution >= 4 is 11.6 Å². The SMILES string of the molecule is NC(c1ccc(Cl)cc1F)C1(c2ccccc2)CC1. The lowest BCUT2D eigenvalue weighted by Crippen LogP contribution is -2.27. The predicted octanol–water partition coefficient (Wildman–Crippen LogP) is 4.21. The van der Waals surface area contributed by atoms with Crippen LogP contribution in [0.2, 0.25) is 5.02 Å². The molecule has 1 atom stereocenters. The second-order valence-corrected chi connectivity index (χ2v) is 5.60. The van der Waals surface area contributed by atoms with Gasteiger partial charge in [-0.25, -0.2) is 4.39 Å². The fourth-order valence-corrected chi connectivity index (χ4v) is 2.89. The summed E-state index contributed by atoms with van der Waals surface area (Å²) < 4.78 is 14.0. The van der Waals surface area contributed by atoms with Crippen molar-refractivity contribution in [3.05, 3.63) is 70.5 Å². The molecule has 0 bridgehead atoms. The van der Waals surface area contributed by atoms with Crippen LogP contribution in [0.25, 0.3) is 0 Å². The van der Waals surface area contributed by atoms with Gasteiger partial charge in [-0.1, -0.05) is 48.0 Å². The summed E-state index contributed by atoms with van der Waals surface area (Å²) in [5, 5.41) is 0.401. The molecule has 1 aliphatic carbocycles. The highest BCUT2D eigenvalue weighted by Crippen LogP contribution is 2.55. The molecule has 98 valence electrons. The van der Waals surface area contributed by atoms with E-state index in [1.807, 2.05) is 18.2 Å². The van der Waals surface area contributed by atoms with E-state index in [0.717, 1.165) is 12.8 Å². The zero-order valence-electron chi connectivity index (χ0n) is 10.4. The van der Waals surface area contributed by atoms with Crippen LogP contribution < -0.4 is 5.73 Å². The molecule has 1 fully saturated rings. The van der Waals surface area contributed by atoms with Gasteiger partial charge in [-0.3, -0.25) is 0 Å². The number of benzene rings is 2. The number of nitrogens with two attached hydrogens (primary N) is 1. The highest BCUT2D eigenvalue weighted by molar-refractivity contribution is 6.30. The Labute approximate surface area is 117 Å². The van der Waals surface area contributed by atoms with E-state index in [-0.39, 0.29) is 17.3 Å². The lowest BCUT2D eigenvalue weighted by atomic mass is 9.84. The van der Waals surface area contributed by atoms with Crippen molar-refractivity contribution in [1.29, 1.82) is 0 Å². The summed E-state index contributed by atoms with van der Waals surface area (Å²) in [6.07, 6.45) is 2.00. The first-order valence-electron chi connectivity index (χ1n) is 6.39. The summed E-state index contributed by atoms with van der Waals surface area (Å²) in [7, 11) is 0. The normalized spacial score (nSPS) is 18.1. The van der Waals surface area contributed by atoms with Crippen molar-refractivity contribution in [2.45, 2.75) is 24.3 Å². The van der Waals surface area contributed by atoms with E-state index in [2.05, 4.69) is 12.1 Å². The van der Waals surface area contributed by atoms with Crippen LogP contribution in [0.3, 0.4) is 0 Å². The van der Waals surface area contributed by atoms with Crippen molar-refractivity contribution < 1.29 is 4.39 Å². The maximum Gasteiger partial charge on any atom is 0.129 e. The molecule has 1 nitrogen and oxygen atoms in total. The minimum atomic E-state index is -0.327. The van der Waals surface area contributed by atoms with Crippen LogP contribution in [0.1, 0.15) is 30.0 Å². The molecular formula is C16H15ClFN. The van der Waals surface area contributed by atoms with E-state index in [4.69, 9.17) is 17.3 Å².